The van der Waals surface area contributed by atoms with Crippen LogP contribution in [0.1, 0.15) is 37.3 Å². The Kier molecular flexibility index (Phi) is 13.4. The van der Waals surface area contributed by atoms with Crippen LogP contribution in [0.4, 0.5) is 0 Å². The van der Waals surface area contributed by atoms with Gasteiger partial charge in [-0.2, -0.15) is 0 Å². The second-order valence-corrected chi connectivity index (χ2v) is 6.70. The lowest BCUT2D eigenvalue weighted by atomic mass is 9.93. The number of aryl methyl sites for hydroxylation is 2. The average Bonchev–Trinajstić information content (AvgIpc) is 2.71. The van der Waals surface area contributed by atoms with Gasteiger partial charge in [0, 0.05) is 13.1 Å². The van der Waals surface area contributed by atoms with Crippen LogP contribution in [0.15, 0.2) is 60.7 Å². The van der Waals surface area contributed by atoms with E-state index in [0.29, 0.717) is 12.5 Å². The van der Waals surface area contributed by atoms with Gasteiger partial charge in [0.1, 0.15) is 0 Å². The molecule has 2 rings (SSSR count). The third-order valence-corrected chi connectivity index (χ3v) is 4.41. The average molecular weight is 356 g/mol. The van der Waals surface area contributed by atoms with Gasteiger partial charge in [0.2, 0.25) is 0 Å². The van der Waals surface area contributed by atoms with Gasteiger partial charge in [0.25, 0.3) is 0 Å². The fourth-order valence-corrected chi connectivity index (χ4v) is 2.79. The van der Waals surface area contributed by atoms with Gasteiger partial charge in [-0.15, -0.1) is 0 Å². The van der Waals surface area contributed by atoms with Gasteiger partial charge in [0.15, 0.2) is 0 Å². The maximum absolute atomic E-state index is 5.58. The van der Waals surface area contributed by atoms with Crippen LogP contribution < -0.4 is 16.8 Å². The van der Waals surface area contributed by atoms with E-state index in [4.69, 9.17) is 11.5 Å². The van der Waals surface area contributed by atoms with Crippen LogP contribution in [0.25, 0.3) is 0 Å². The van der Waals surface area contributed by atoms with Crippen molar-refractivity contribution in [1.29, 1.82) is 0 Å². The zero-order chi connectivity index (χ0) is 18.9. The zero-order valence-electron chi connectivity index (χ0n) is 16.4. The van der Waals surface area contributed by atoms with E-state index in [2.05, 4.69) is 72.9 Å². The van der Waals surface area contributed by atoms with Crippen molar-refractivity contribution in [3.63, 3.8) is 0 Å². The molecule has 144 valence electrons. The van der Waals surface area contributed by atoms with E-state index >= 15 is 0 Å². The number of benzene rings is 2. The predicted octanol–water partition coefficient (Wildman–Crippen LogP) is 3.77. The van der Waals surface area contributed by atoms with Gasteiger partial charge < -0.3 is 16.8 Å². The molecule has 0 aliphatic rings. The smallest absolute Gasteiger partial charge is 0.00746 e. The second kappa shape index (κ2) is 15.6. The van der Waals surface area contributed by atoms with Crippen molar-refractivity contribution in [1.82, 2.24) is 5.32 Å². The van der Waals surface area contributed by atoms with Crippen molar-refractivity contribution in [2.45, 2.75) is 39.0 Å². The van der Waals surface area contributed by atoms with E-state index in [1.807, 2.05) is 0 Å². The molecule has 0 amide bonds. The summed E-state index contributed by atoms with van der Waals surface area (Å²) in [4.78, 5) is 0. The molecule has 0 heterocycles. The summed E-state index contributed by atoms with van der Waals surface area (Å²) in [5.41, 5.74) is 13.5. The minimum atomic E-state index is 0.701. The molecule has 0 unspecified atom stereocenters. The second-order valence-electron chi connectivity index (χ2n) is 6.70. The van der Waals surface area contributed by atoms with Crippen molar-refractivity contribution >= 4 is 0 Å². The molecule has 3 heteroatoms. The van der Waals surface area contributed by atoms with Gasteiger partial charge in [-0.3, -0.25) is 0 Å². The molecule has 0 radical (unpaired) electrons. The molecule has 0 spiro atoms. The summed E-state index contributed by atoms with van der Waals surface area (Å²) >= 11 is 0. The first-order valence-electron chi connectivity index (χ1n) is 9.98. The number of hydrogen-bond acceptors (Lipinski definition) is 3. The first-order chi connectivity index (χ1) is 12.8. The van der Waals surface area contributed by atoms with E-state index in [-0.39, 0.29) is 0 Å². The summed E-state index contributed by atoms with van der Waals surface area (Å²) in [5, 5.41) is 3.48. The molecule has 0 fully saturated rings. The molecule has 0 saturated carbocycles. The van der Waals surface area contributed by atoms with E-state index in [0.717, 1.165) is 38.9 Å². The van der Waals surface area contributed by atoms with Gasteiger partial charge in [-0.1, -0.05) is 67.6 Å². The van der Waals surface area contributed by atoms with Gasteiger partial charge in [-0.25, -0.2) is 0 Å². The van der Waals surface area contributed by atoms with Crippen LogP contribution in [0.5, 0.6) is 0 Å². The molecule has 0 aliphatic carbocycles. The first-order valence-corrected chi connectivity index (χ1v) is 9.98. The van der Waals surface area contributed by atoms with Crippen LogP contribution >= 0.6 is 0 Å². The SMILES string of the molecule is CCCN.NCCNCC(CCc1ccccc1)CCc1ccccc1. The highest BCUT2D eigenvalue weighted by atomic mass is 14.9. The van der Waals surface area contributed by atoms with Crippen LogP contribution in [0.3, 0.4) is 0 Å². The number of rotatable bonds is 11. The Morgan fingerprint density at radius 2 is 1.23 bits per heavy atom. The zero-order valence-corrected chi connectivity index (χ0v) is 16.4. The highest BCUT2D eigenvalue weighted by Gasteiger charge is 2.09. The largest absolute Gasteiger partial charge is 0.330 e. The fraction of sp³-hybridized carbons (Fsp3) is 0.478. The number of nitrogens with one attached hydrogen (secondary N) is 1. The van der Waals surface area contributed by atoms with Gasteiger partial charge >= 0.3 is 0 Å². The van der Waals surface area contributed by atoms with Crippen molar-refractivity contribution < 1.29 is 0 Å². The monoisotopic (exact) mass is 355 g/mol. The molecule has 0 aliphatic heterocycles. The number of hydrogen-bond donors (Lipinski definition) is 3. The van der Waals surface area contributed by atoms with E-state index in [1.165, 1.54) is 24.0 Å². The van der Waals surface area contributed by atoms with Crippen LogP contribution in [0.2, 0.25) is 0 Å². The minimum absolute atomic E-state index is 0.701. The maximum Gasteiger partial charge on any atom is 0.00746 e. The Morgan fingerprint density at radius 1 is 0.769 bits per heavy atom. The predicted molar refractivity (Wildman–Crippen MR) is 114 cm³/mol. The molecule has 0 atom stereocenters. The molecule has 0 saturated heterocycles. The third kappa shape index (κ3) is 11.0. The minimum Gasteiger partial charge on any atom is -0.330 e. The molecule has 0 bridgehead atoms. The summed E-state index contributed by atoms with van der Waals surface area (Å²) in [5.74, 6) is 0.701. The Balaban J connectivity index is 0.000000765. The summed E-state index contributed by atoms with van der Waals surface area (Å²) in [6, 6.07) is 21.6. The summed E-state index contributed by atoms with van der Waals surface area (Å²) in [6.07, 6.45) is 5.87. The molecule has 2 aromatic carbocycles. The lowest BCUT2D eigenvalue weighted by Gasteiger charge is -2.18. The molecule has 5 N–H and O–H groups in total. The molecule has 0 aromatic heterocycles. The normalized spacial score (nSPS) is 10.5. The van der Waals surface area contributed by atoms with Gasteiger partial charge in [0.05, 0.1) is 0 Å². The maximum atomic E-state index is 5.58. The van der Waals surface area contributed by atoms with Crippen molar-refractivity contribution in [2.24, 2.45) is 17.4 Å². The Labute approximate surface area is 160 Å². The topological polar surface area (TPSA) is 64.1 Å². The summed E-state index contributed by atoms with van der Waals surface area (Å²) in [7, 11) is 0. The first kappa shape index (κ1) is 22.4. The summed E-state index contributed by atoms with van der Waals surface area (Å²) in [6.45, 7) is 5.56. The van der Waals surface area contributed by atoms with Crippen LogP contribution in [0, 0.1) is 5.92 Å². The van der Waals surface area contributed by atoms with E-state index < -0.39 is 0 Å². The Hall–Kier alpha value is -1.68. The van der Waals surface area contributed by atoms with Crippen molar-refractivity contribution in [2.75, 3.05) is 26.2 Å². The third-order valence-electron chi connectivity index (χ3n) is 4.41. The number of nitrogens with two attached hydrogens (primary N) is 2. The highest BCUT2D eigenvalue weighted by molar-refractivity contribution is 5.16. The lowest BCUT2D eigenvalue weighted by molar-refractivity contribution is 0.421. The van der Waals surface area contributed by atoms with Gasteiger partial charge in [-0.05, 0) is 62.2 Å². The molecule has 3 nitrogen and oxygen atoms in total. The fourth-order valence-electron chi connectivity index (χ4n) is 2.79. The Morgan fingerprint density at radius 3 is 1.62 bits per heavy atom. The molecule has 26 heavy (non-hydrogen) atoms. The van der Waals surface area contributed by atoms with Crippen LogP contribution in [-0.4, -0.2) is 26.2 Å². The van der Waals surface area contributed by atoms with Crippen molar-refractivity contribution in [3.05, 3.63) is 71.8 Å². The molecular formula is C23H37N3. The molecule has 2 aromatic rings. The summed E-state index contributed by atoms with van der Waals surface area (Å²) < 4.78 is 0. The molecular weight excluding hydrogens is 318 g/mol. The van der Waals surface area contributed by atoms with E-state index in [9.17, 15) is 0 Å². The Bertz CT molecular complexity index is 482. The van der Waals surface area contributed by atoms with Crippen molar-refractivity contribution in [3.8, 4) is 0 Å². The quantitative estimate of drug-likeness (QED) is 0.538. The standard InChI is InChI=1S/C20H28N2.C3H9N/c21-15-16-22-17-20(13-11-18-7-3-1-4-8-18)14-12-19-9-5-2-6-10-19;1-2-3-4/h1-10,20,22H,11-17,21H2;2-4H2,1H3. The highest BCUT2D eigenvalue weighted by Crippen LogP contribution is 2.16. The lowest BCUT2D eigenvalue weighted by Crippen LogP contribution is -2.28. The van der Waals surface area contributed by atoms with E-state index in [1.54, 1.807) is 0 Å². The van der Waals surface area contributed by atoms with Crippen LogP contribution in [-0.2, 0) is 12.8 Å².